The minimum absolute atomic E-state index is 0.0913. The fourth-order valence-electron chi connectivity index (χ4n) is 1.70. The molecule has 0 saturated heterocycles. The van der Waals surface area contributed by atoms with E-state index in [1.165, 1.54) is 0 Å². The number of amides is 1. The molecule has 0 aliphatic rings. The molecule has 0 bridgehead atoms. The zero-order valence-electron chi connectivity index (χ0n) is 11.0. The molecular weight excluding hydrogens is 310 g/mol. The molecule has 2 N–H and O–H groups in total. The number of halogens is 1. The van der Waals surface area contributed by atoms with E-state index < -0.39 is 12.0 Å². The highest BCUT2D eigenvalue weighted by molar-refractivity contribution is 9.10. The molecule has 1 amide bonds. The van der Waals surface area contributed by atoms with E-state index in [9.17, 15) is 9.59 Å². The van der Waals surface area contributed by atoms with Gasteiger partial charge in [-0.2, -0.15) is 0 Å². The molecule has 1 rings (SSSR count). The van der Waals surface area contributed by atoms with Crippen molar-refractivity contribution in [1.29, 1.82) is 0 Å². The van der Waals surface area contributed by atoms with Crippen LogP contribution in [0.1, 0.15) is 25.8 Å². The number of hydrogen-bond donors (Lipinski definition) is 2. The van der Waals surface area contributed by atoms with E-state index in [2.05, 4.69) is 21.2 Å². The van der Waals surface area contributed by atoms with Crippen LogP contribution in [0.2, 0.25) is 0 Å². The van der Waals surface area contributed by atoms with E-state index >= 15 is 0 Å². The van der Waals surface area contributed by atoms with Gasteiger partial charge in [0, 0.05) is 4.47 Å². The second-order valence-corrected chi connectivity index (χ2v) is 5.49. The molecule has 5 heteroatoms. The van der Waals surface area contributed by atoms with Crippen LogP contribution in [0.3, 0.4) is 0 Å². The molecule has 1 aromatic rings. The molecule has 0 radical (unpaired) electrons. The standard InChI is InChI=1S/C14H18BrNO3/c1-3-9(2)13(14(18)19)16-12(17)8-10-4-6-11(15)7-5-10/h4-7,9,13H,3,8H2,1-2H3,(H,16,17)(H,18,19)/t9-,13-/m0/s1. The average molecular weight is 328 g/mol. The fraction of sp³-hybridized carbons (Fsp3) is 0.429. The van der Waals surface area contributed by atoms with Crippen molar-refractivity contribution in [2.75, 3.05) is 0 Å². The lowest BCUT2D eigenvalue weighted by atomic mass is 9.99. The first-order valence-electron chi connectivity index (χ1n) is 6.20. The third kappa shape index (κ3) is 5.03. The fourth-order valence-corrected chi connectivity index (χ4v) is 1.96. The Morgan fingerprint density at radius 2 is 1.89 bits per heavy atom. The maximum absolute atomic E-state index is 11.8. The first-order valence-corrected chi connectivity index (χ1v) is 7.00. The van der Waals surface area contributed by atoms with Crippen LogP contribution in [0.4, 0.5) is 0 Å². The zero-order valence-corrected chi connectivity index (χ0v) is 12.6. The van der Waals surface area contributed by atoms with Gasteiger partial charge in [-0.3, -0.25) is 4.79 Å². The highest BCUT2D eigenvalue weighted by Gasteiger charge is 2.25. The lowest BCUT2D eigenvalue weighted by Crippen LogP contribution is -2.45. The van der Waals surface area contributed by atoms with Crippen molar-refractivity contribution in [2.45, 2.75) is 32.7 Å². The van der Waals surface area contributed by atoms with Crippen LogP contribution in [0, 0.1) is 5.92 Å². The molecule has 0 saturated carbocycles. The summed E-state index contributed by atoms with van der Waals surface area (Å²) in [5.74, 6) is -1.35. The van der Waals surface area contributed by atoms with Crippen molar-refractivity contribution in [1.82, 2.24) is 5.32 Å². The minimum atomic E-state index is -0.987. The van der Waals surface area contributed by atoms with Gasteiger partial charge in [-0.05, 0) is 23.6 Å². The summed E-state index contributed by atoms with van der Waals surface area (Å²) in [6.45, 7) is 3.72. The van der Waals surface area contributed by atoms with Crippen molar-refractivity contribution >= 4 is 27.8 Å². The van der Waals surface area contributed by atoms with Crippen molar-refractivity contribution in [3.05, 3.63) is 34.3 Å². The molecule has 0 aromatic heterocycles. The van der Waals surface area contributed by atoms with E-state index in [1.54, 1.807) is 0 Å². The Morgan fingerprint density at radius 3 is 2.37 bits per heavy atom. The maximum Gasteiger partial charge on any atom is 0.326 e. The van der Waals surface area contributed by atoms with Crippen LogP contribution in [0.5, 0.6) is 0 Å². The molecule has 1 aromatic carbocycles. The summed E-state index contributed by atoms with van der Waals surface area (Å²) >= 11 is 3.32. The molecule has 2 atom stereocenters. The Balaban J connectivity index is 2.62. The van der Waals surface area contributed by atoms with Crippen LogP contribution in [0.15, 0.2) is 28.7 Å². The van der Waals surface area contributed by atoms with E-state index in [0.29, 0.717) is 6.42 Å². The van der Waals surface area contributed by atoms with Gasteiger partial charge in [0.05, 0.1) is 6.42 Å². The van der Waals surface area contributed by atoms with Gasteiger partial charge in [0.25, 0.3) is 0 Å². The van der Waals surface area contributed by atoms with Crippen LogP contribution in [-0.2, 0) is 16.0 Å². The maximum atomic E-state index is 11.8. The number of carboxylic acid groups (broad SMARTS) is 1. The number of carbonyl (C=O) groups is 2. The molecule has 0 heterocycles. The van der Waals surface area contributed by atoms with Crippen LogP contribution >= 0.6 is 15.9 Å². The largest absolute Gasteiger partial charge is 0.480 e. The molecule has 0 aliphatic carbocycles. The number of carbonyl (C=O) groups excluding carboxylic acids is 1. The van der Waals surface area contributed by atoms with Gasteiger partial charge >= 0.3 is 5.97 Å². The van der Waals surface area contributed by atoms with E-state index in [0.717, 1.165) is 10.0 Å². The first kappa shape index (κ1) is 15.7. The summed E-state index contributed by atoms with van der Waals surface area (Å²) in [5, 5.41) is 11.7. The van der Waals surface area contributed by atoms with E-state index in [1.807, 2.05) is 38.1 Å². The van der Waals surface area contributed by atoms with E-state index in [4.69, 9.17) is 5.11 Å². The predicted octanol–water partition coefficient (Wildman–Crippen LogP) is 2.61. The van der Waals surface area contributed by atoms with Gasteiger partial charge in [-0.15, -0.1) is 0 Å². The number of hydrogen-bond acceptors (Lipinski definition) is 2. The van der Waals surface area contributed by atoms with Gasteiger partial charge in [-0.25, -0.2) is 4.79 Å². The third-order valence-electron chi connectivity index (χ3n) is 3.07. The molecule has 0 spiro atoms. The van der Waals surface area contributed by atoms with Crippen molar-refractivity contribution in [3.8, 4) is 0 Å². The van der Waals surface area contributed by atoms with Gasteiger partial charge in [0.2, 0.25) is 5.91 Å². The number of benzene rings is 1. The Hall–Kier alpha value is -1.36. The minimum Gasteiger partial charge on any atom is -0.480 e. The van der Waals surface area contributed by atoms with Crippen LogP contribution < -0.4 is 5.32 Å². The van der Waals surface area contributed by atoms with Gasteiger partial charge in [0.15, 0.2) is 0 Å². The average Bonchev–Trinajstić information content (AvgIpc) is 2.37. The van der Waals surface area contributed by atoms with Gasteiger partial charge in [0.1, 0.15) is 6.04 Å². The Bertz CT molecular complexity index is 445. The smallest absolute Gasteiger partial charge is 0.326 e. The lowest BCUT2D eigenvalue weighted by Gasteiger charge is -2.20. The van der Waals surface area contributed by atoms with Crippen molar-refractivity contribution in [2.24, 2.45) is 5.92 Å². The highest BCUT2D eigenvalue weighted by Crippen LogP contribution is 2.12. The van der Waals surface area contributed by atoms with E-state index in [-0.39, 0.29) is 18.2 Å². The Kier molecular flexibility index (Phi) is 6.02. The quantitative estimate of drug-likeness (QED) is 0.844. The summed E-state index contributed by atoms with van der Waals surface area (Å²) in [4.78, 5) is 23.0. The number of carboxylic acids is 1. The van der Waals surface area contributed by atoms with Crippen LogP contribution in [0.25, 0.3) is 0 Å². The lowest BCUT2D eigenvalue weighted by molar-refractivity contribution is -0.143. The molecule has 0 fully saturated rings. The normalized spacial score (nSPS) is 13.6. The summed E-state index contributed by atoms with van der Waals surface area (Å²) < 4.78 is 0.944. The summed E-state index contributed by atoms with van der Waals surface area (Å²) in [6.07, 6.45) is 0.892. The van der Waals surface area contributed by atoms with Gasteiger partial charge < -0.3 is 10.4 Å². The number of nitrogens with one attached hydrogen (secondary N) is 1. The summed E-state index contributed by atoms with van der Waals surface area (Å²) in [7, 11) is 0. The number of aliphatic carboxylic acids is 1. The highest BCUT2D eigenvalue weighted by atomic mass is 79.9. The van der Waals surface area contributed by atoms with Crippen molar-refractivity contribution in [3.63, 3.8) is 0 Å². The molecule has 19 heavy (non-hydrogen) atoms. The van der Waals surface area contributed by atoms with Gasteiger partial charge in [-0.1, -0.05) is 48.3 Å². The first-order chi connectivity index (χ1) is 8.93. The molecule has 104 valence electrons. The SMILES string of the molecule is CC[C@H](C)[C@H](NC(=O)Cc1ccc(Br)cc1)C(=O)O. The second-order valence-electron chi connectivity index (χ2n) is 4.57. The molecule has 0 aliphatic heterocycles. The van der Waals surface area contributed by atoms with Crippen molar-refractivity contribution < 1.29 is 14.7 Å². The summed E-state index contributed by atoms with van der Waals surface area (Å²) in [5.41, 5.74) is 0.856. The zero-order chi connectivity index (χ0) is 14.4. The monoisotopic (exact) mass is 327 g/mol. The molecule has 4 nitrogen and oxygen atoms in total. The van der Waals surface area contributed by atoms with Crippen LogP contribution in [-0.4, -0.2) is 23.0 Å². The predicted molar refractivity (Wildman–Crippen MR) is 76.9 cm³/mol. The summed E-state index contributed by atoms with van der Waals surface area (Å²) in [6, 6.07) is 6.55. The molecular formula is C14H18BrNO3. The number of rotatable bonds is 6. The Labute approximate surface area is 121 Å². The second kappa shape index (κ2) is 7.28. The Morgan fingerprint density at radius 1 is 1.32 bits per heavy atom. The molecule has 0 unspecified atom stereocenters. The third-order valence-corrected chi connectivity index (χ3v) is 3.60. The topological polar surface area (TPSA) is 66.4 Å².